The smallest absolute Gasteiger partial charge is 0.123 e. The van der Waals surface area contributed by atoms with E-state index in [-0.39, 0.29) is 5.82 Å². The monoisotopic (exact) mass is 150 g/mol. The minimum atomic E-state index is -0.657. The molecule has 0 radical (unpaired) electrons. The molecule has 1 aromatic carbocycles. The largest absolute Gasteiger partial charge is 0.312 e. The first-order valence-corrected chi connectivity index (χ1v) is 3.14. The summed E-state index contributed by atoms with van der Waals surface area (Å²) in [5.74, 6) is -0.320. The third-order valence-corrected chi connectivity index (χ3v) is 1.37. The summed E-state index contributed by atoms with van der Waals surface area (Å²) in [5.41, 5.74) is 5.99. The second-order valence-electron chi connectivity index (χ2n) is 2.16. The molecule has 0 aliphatic rings. The lowest BCUT2D eigenvalue weighted by Crippen LogP contribution is -2.06. The average molecular weight is 150 g/mol. The van der Waals surface area contributed by atoms with Crippen LogP contribution in [0.4, 0.5) is 4.39 Å². The summed E-state index contributed by atoms with van der Waals surface area (Å²) in [5, 5.41) is 8.39. The van der Waals surface area contributed by atoms with Crippen LogP contribution < -0.4 is 5.73 Å². The molecule has 0 amide bonds. The van der Waals surface area contributed by atoms with Gasteiger partial charge in [-0.05, 0) is 17.7 Å². The van der Waals surface area contributed by atoms with E-state index in [4.69, 9.17) is 11.0 Å². The van der Waals surface area contributed by atoms with Crippen LogP contribution in [-0.2, 0) is 0 Å². The zero-order valence-electron chi connectivity index (χ0n) is 5.79. The fourth-order valence-electron chi connectivity index (χ4n) is 0.745. The number of benzene rings is 1. The van der Waals surface area contributed by atoms with E-state index in [2.05, 4.69) is 0 Å². The number of rotatable bonds is 1. The van der Waals surface area contributed by atoms with Gasteiger partial charge in [0.1, 0.15) is 11.9 Å². The first-order valence-electron chi connectivity index (χ1n) is 3.14. The van der Waals surface area contributed by atoms with Crippen LogP contribution in [0.3, 0.4) is 0 Å². The Labute approximate surface area is 64.1 Å². The molecule has 11 heavy (non-hydrogen) atoms. The zero-order valence-corrected chi connectivity index (χ0v) is 5.79. The van der Waals surface area contributed by atoms with Gasteiger partial charge in [0.2, 0.25) is 0 Å². The van der Waals surface area contributed by atoms with Gasteiger partial charge in [0.15, 0.2) is 0 Å². The Morgan fingerprint density at radius 2 is 1.91 bits per heavy atom. The predicted octanol–water partition coefficient (Wildman–Crippen LogP) is 1.35. The molecule has 0 spiro atoms. The number of nitrogens with zero attached hydrogens (tertiary/aromatic N) is 1. The molecule has 0 saturated heterocycles. The van der Waals surface area contributed by atoms with Crippen molar-refractivity contribution in [2.75, 3.05) is 0 Å². The van der Waals surface area contributed by atoms with Crippen molar-refractivity contribution in [1.29, 1.82) is 5.26 Å². The van der Waals surface area contributed by atoms with Crippen LogP contribution in [0.2, 0.25) is 0 Å². The van der Waals surface area contributed by atoms with E-state index in [0.717, 1.165) is 0 Å². The second kappa shape index (κ2) is 3.13. The van der Waals surface area contributed by atoms with Crippen molar-refractivity contribution in [1.82, 2.24) is 0 Å². The highest BCUT2D eigenvalue weighted by Crippen LogP contribution is 2.09. The Hall–Kier alpha value is -1.40. The van der Waals surface area contributed by atoms with Crippen LogP contribution in [-0.4, -0.2) is 0 Å². The van der Waals surface area contributed by atoms with Crippen LogP contribution in [0.5, 0.6) is 0 Å². The standard InChI is InChI=1S/C8H7FN2/c9-7-3-1-6(2-4-7)8(11)5-10/h1-4,8H,11H2/t8-/m1/s1. The van der Waals surface area contributed by atoms with Gasteiger partial charge in [-0.2, -0.15) is 5.26 Å². The molecule has 0 saturated carbocycles. The molecular weight excluding hydrogens is 143 g/mol. The Balaban J connectivity index is 2.92. The summed E-state index contributed by atoms with van der Waals surface area (Å²) in [4.78, 5) is 0. The van der Waals surface area contributed by atoms with Crippen LogP contribution >= 0.6 is 0 Å². The number of hydrogen-bond donors (Lipinski definition) is 1. The van der Waals surface area contributed by atoms with E-state index in [1.54, 1.807) is 0 Å². The topological polar surface area (TPSA) is 49.8 Å². The maximum atomic E-state index is 12.3. The lowest BCUT2D eigenvalue weighted by atomic mass is 10.1. The Morgan fingerprint density at radius 1 is 1.36 bits per heavy atom. The molecule has 0 aliphatic carbocycles. The van der Waals surface area contributed by atoms with Gasteiger partial charge in [0, 0.05) is 0 Å². The molecule has 1 rings (SSSR count). The van der Waals surface area contributed by atoms with Gasteiger partial charge in [0.05, 0.1) is 6.07 Å². The highest BCUT2D eigenvalue weighted by molar-refractivity contribution is 5.23. The molecule has 0 aliphatic heterocycles. The number of nitriles is 1. The molecule has 1 atom stereocenters. The zero-order chi connectivity index (χ0) is 8.27. The minimum absolute atomic E-state index is 0.320. The Bertz CT molecular complexity index is 273. The molecule has 56 valence electrons. The first-order chi connectivity index (χ1) is 5.24. The second-order valence-corrected chi connectivity index (χ2v) is 2.16. The van der Waals surface area contributed by atoms with E-state index < -0.39 is 6.04 Å². The highest BCUT2D eigenvalue weighted by atomic mass is 19.1. The summed E-state index contributed by atoms with van der Waals surface area (Å²) >= 11 is 0. The molecule has 2 nitrogen and oxygen atoms in total. The van der Waals surface area contributed by atoms with Crippen molar-refractivity contribution >= 4 is 0 Å². The van der Waals surface area contributed by atoms with E-state index in [0.29, 0.717) is 5.56 Å². The third-order valence-electron chi connectivity index (χ3n) is 1.37. The molecule has 0 unspecified atom stereocenters. The minimum Gasteiger partial charge on any atom is -0.312 e. The van der Waals surface area contributed by atoms with Gasteiger partial charge in [-0.25, -0.2) is 4.39 Å². The Morgan fingerprint density at radius 3 is 2.36 bits per heavy atom. The highest BCUT2D eigenvalue weighted by Gasteiger charge is 2.02. The van der Waals surface area contributed by atoms with Crippen molar-refractivity contribution in [2.24, 2.45) is 5.73 Å². The lowest BCUT2D eigenvalue weighted by Gasteiger charge is -2.00. The SMILES string of the molecule is N#C[C@@H](N)c1ccc(F)cc1. The van der Waals surface area contributed by atoms with Crippen molar-refractivity contribution in [3.05, 3.63) is 35.6 Å². The summed E-state index contributed by atoms with van der Waals surface area (Å²) in [7, 11) is 0. The molecule has 0 fully saturated rings. The molecule has 0 bridgehead atoms. The third kappa shape index (κ3) is 1.76. The summed E-state index contributed by atoms with van der Waals surface area (Å²) < 4.78 is 12.3. The van der Waals surface area contributed by atoms with Crippen LogP contribution in [0.15, 0.2) is 24.3 Å². The summed E-state index contributed by atoms with van der Waals surface area (Å²) in [6.45, 7) is 0. The summed E-state index contributed by atoms with van der Waals surface area (Å²) in [6, 6.07) is 6.77. The summed E-state index contributed by atoms with van der Waals surface area (Å²) in [6.07, 6.45) is 0. The van der Waals surface area contributed by atoms with Crippen molar-refractivity contribution in [2.45, 2.75) is 6.04 Å². The fourth-order valence-corrected chi connectivity index (χ4v) is 0.745. The molecule has 0 aromatic heterocycles. The average Bonchev–Trinajstić information content (AvgIpc) is 2.05. The predicted molar refractivity (Wildman–Crippen MR) is 38.9 cm³/mol. The van der Waals surface area contributed by atoms with Crippen molar-refractivity contribution < 1.29 is 4.39 Å². The molecular formula is C8H7FN2. The van der Waals surface area contributed by atoms with E-state index in [1.807, 2.05) is 6.07 Å². The van der Waals surface area contributed by atoms with E-state index in [1.165, 1.54) is 24.3 Å². The normalized spacial score (nSPS) is 12.1. The van der Waals surface area contributed by atoms with Crippen molar-refractivity contribution in [3.8, 4) is 6.07 Å². The molecule has 2 N–H and O–H groups in total. The van der Waals surface area contributed by atoms with Crippen molar-refractivity contribution in [3.63, 3.8) is 0 Å². The quantitative estimate of drug-likeness (QED) is 0.656. The van der Waals surface area contributed by atoms with E-state index in [9.17, 15) is 4.39 Å². The van der Waals surface area contributed by atoms with Crippen LogP contribution in [0, 0.1) is 17.1 Å². The van der Waals surface area contributed by atoms with Gasteiger partial charge in [-0.15, -0.1) is 0 Å². The maximum Gasteiger partial charge on any atom is 0.123 e. The van der Waals surface area contributed by atoms with Gasteiger partial charge in [-0.1, -0.05) is 12.1 Å². The maximum absolute atomic E-state index is 12.3. The number of hydrogen-bond acceptors (Lipinski definition) is 2. The molecule has 0 heterocycles. The number of halogens is 1. The van der Waals surface area contributed by atoms with Gasteiger partial charge in [-0.3, -0.25) is 0 Å². The molecule has 1 aromatic rings. The molecule has 3 heteroatoms. The van der Waals surface area contributed by atoms with E-state index >= 15 is 0 Å². The van der Waals surface area contributed by atoms with Gasteiger partial charge in [0.25, 0.3) is 0 Å². The lowest BCUT2D eigenvalue weighted by molar-refractivity contribution is 0.626. The van der Waals surface area contributed by atoms with Crippen LogP contribution in [0.1, 0.15) is 11.6 Å². The van der Waals surface area contributed by atoms with Gasteiger partial charge < -0.3 is 5.73 Å². The Kier molecular flexibility index (Phi) is 2.19. The first kappa shape index (κ1) is 7.70. The van der Waals surface area contributed by atoms with Gasteiger partial charge >= 0.3 is 0 Å². The van der Waals surface area contributed by atoms with Crippen LogP contribution in [0.25, 0.3) is 0 Å². The number of nitrogens with two attached hydrogens (primary N) is 1. The fraction of sp³-hybridized carbons (Fsp3) is 0.125.